The first-order chi connectivity index (χ1) is 18.3. The molecule has 2 aromatic heterocycles. The number of amides is 3. The first-order valence-corrected chi connectivity index (χ1v) is 12.8. The van der Waals surface area contributed by atoms with Crippen molar-refractivity contribution in [3.05, 3.63) is 66.5 Å². The van der Waals surface area contributed by atoms with Gasteiger partial charge in [0.05, 0.1) is 27.8 Å². The van der Waals surface area contributed by atoms with E-state index < -0.39 is 6.03 Å². The summed E-state index contributed by atoms with van der Waals surface area (Å²) in [4.78, 5) is 46.2. The standard InChI is InChI=1S/C27H32ClN7O3/c1-4-23(36)29-19-13-16-34(17-19)27(38)31-26-30-22-11-7-10-21(28)25(22)35(26)20-9-5-6-15-33(18-20)24(37)12-8-14-32(2)3/h4,7-8,10-13,16-17,20H,1,5-6,9,14-15,18H2,2-3H3,(H,29,36)(H,30,31,38)/b12-8+/t20-/m1/s1. The number of carbonyl (C=O) groups is 3. The quantitative estimate of drug-likeness (QED) is 0.436. The minimum absolute atomic E-state index is 0.0405. The van der Waals surface area contributed by atoms with Crippen molar-refractivity contribution < 1.29 is 14.4 Å². The highest BCUT2D eigenvalue weighted by Crippen LogP contribution is 2.34. The van der Waals surface area contributed by atoms with Crippen LogP contribution in [0.1, 0.15) is 25.3 Å². The van der Waals surface area contributed by atoms with Gasteiger partial charge in [-0.1, -0.05) is 30.3 Å². The molecule has 0 aliphatic carbocycles. The van der Waals surface area contributed by atoms with Gasteiger partial charge in [0.1, 0.15) is 0 Å². The summed E-state index contributed by atoms with van der Waals surface area (Å²) in [5.74, 6) is -0.0733. The number of nitrogens with zero attached hydrogens (tertiary/aromatic N) is 5. The second kappa shape index (κ2) is 12.1. The normalized spacial score (nSPS) is 16.1. The maximum absolute atomic E-state index is 13.1. The highest BCUT2D eigenvalue weighted by molar-refractivity contribution is 6.35. The third-order valence-electron chi connectivity index (χ3n) is 6.31. The average molecular weight is 538 g/mol. The number of nitrogens with one attached hydrogen (secondary N) is 2. The van der Waals surface area contributed by atoms with Crippen molar-refractivity contribution in [2.45, 2.75) is 25.3 Å². The zero-order valence-corrected chi connectivity index (χ0v) is 22.3. The molecular weight excluding hydrogens is 506 g/mol. The fraction of sp³-hybridized carbons (Fsp3) is 0.333. The van der Waals surface area contributed by atoms with E-state index in [4.69, 9.17) is 11.6 Å². The summed E-state index contributed by atoms with van der Waals surface area (Å²) in [5.41, 5.74) is 1.81. The number of hydrogen-bond acceptors (Lipinski definition) is 5. The summed E-state index contributed by atoms with van der Waals surface area (Å²) in [6.07, 6.45) is 10.3. The molecule has 1 aliphatic heterocycles. The lowest BCUT2D eigenvalue weighted by atomic mass is 10.1. The van der Waals surface area contributed by atoms with Crippen LogP contribution in [0.5, 0.6) is 0 Å². The Morgan fingerprint density at radius 2 is 2.03 bits per heavy atom. The van der Waals surface area contributed by atoms with Crippen molar-refractivity contribution in [1.82, 2.24) is 23.9 Å². The topological polar surface area (TPSA) is 105 Å². The van der Waals surface area contributed by atoms with Crippen LogP contribution in [0.15, 0.2) is 61.5 Å². The number of anilines is 2. The third kappa shape index (κ3) is 6.32. The van der Waals surface area contributed by atoms with E-state index in [-0.39, 0.29) is 17.9 Å². The molecule has 0 radical (unpaired) electrons. The van der Waals surface area contributed by atoms with Crippen molar-refractivity contribution >= 4 is 52.1 Å². The predicted octanol–water partition coefficient (Wildman–Crippen LogP) is 4.37. The number of likely N-dealkylation sites (tertiary alicyclic amines) is 1. The van der Waals surface area contributed by atoms with Gasteiger partial charge in [-0.3, -0.25) is 19.5 Å². The number of hydrogen-bond donors (Lipinski definition) is 2. The maximum atomic E-state index is 13.1. The third-order valence-corrected chi connectivity index (χ3v) is 6.62. The molecule has 0 spiro atoms. The van der Waals surface area contributed by atoms with Crippen molar-refractivity contribution in [1.29, 1.82) is 0 Å². The van der Waals surface area contributed by atoms with Crippen LogP contribution in [-0.4, -0.2) is 75.5 Å². The molecule has 0 bridgehead atoms. The number of carbonyl (C=O) groups excluding carboxylic acids is 3. The molecule has 3 aromatic rings. The van der Waals surface area contributed by atoms with Crippen molar-refractivity contribution in [3.63, 3.8) is 0 Å². The van der Waals surface area contributed by atoms with E-state index in [0.717, 1.165) is 25.3 Å². The molecule has 11 heteroatoms. The van der Waals surface area contributed by atoms with Gasteiger partial charge in [0.15, 0.2) is 0 Å². The van der Waals surface area contributed by atoms with E-state index in [0.29, 0.717) is 47.3 Å². The minimum atomic E-state index is -0.454. The molecule has 0 unspecified atom stereocenters. The van der Waals surface area contributed by atoms with Gasteiger partial charge in [0.25, 0.3) is 0 Å². The van der Waals surface area contributed by atoms with Crippen molar-refractivity contribution in [2.24, 2.45) is 0 Å². The number of aromatic nitrogens is 3. The van der Waals surface area contributed by atoms with Crippen LogP contribution in [0.3, 0.4) is 0 Å². The number of imidazole rings is 1. The Bertz CT molecular complexity index is 1370. The molecule has 1 aliphatic rings. The van der Waals surface area contributed by atoms with Gasteiger partial charge in [-0.2, -0.15) is 0 Å². The SMILES string of the molecule is C=CC(=O)Nc1ccn(C(=O)Nc2nc3cccc(Cl)c3n2[C@@H]2CCCCN(C(=O)/C=C/CN(C)C)C2)c1. The van der Waals surface area contributed by atoms with E-state index in [2.05, 4.69) is 22.2 Å². The number of benzene rings is 1. The zero-order chi connectivity index (χ0) is 27.2. The first-order valence-electron chi connectivity index (χ1n) is 12.5. The molecule has 1 aromatic carbocycles. The molecule has 1 atom stereocenters. The monoisotopic (exact) mass is 537 g/mol. The van der Waals surface area contributed by atoms with Crippen LogP contribution in [0.25, 0.3) is 11.0 Å². The number of halogens is 1. The number of para-hydroxylation sites is 1. The predicted molar refractivity (Wildman–Crippen MR) is 150 cm³/mol. The Kier molecular flexibility index (Phi) is 8.65. The smallest absolute Gasteiger partial charge is 0.332 e. The molecule has 38 heavy (non-hydrogen) atoms. The van der Waals surface area contributed by atoms with Crippen LogP contribution in [0.4, 0.5) is 16.4 Å². The Labute approximate surface area is 226 Å². The summed E-state index contributed by atoms with van der Waals surface area (Å²) in [7, 11) is 3.90. The molecule has 3 heterocycles. The molecule has 10 nitrogen and oxygen atoms in total. The molecule has 1 saturated heterocycles. The molecule has 0 saturated carbocycles. The summed E-state index contributed by atoms with van der Waals surface area (Å²) < 4.78 is 3.26. The molecule has 2 N–H and O–H groups in total. The van der Waals surface area contributed by atoms with Gasteiger partial charge in [-0.15, -0.1) is 0 Å². The van der Waals surface area contributed by atoms with Crippen LogP contribution < -0.4 is 10.6 Å². The summed E-state index contributed by atoms with van der Waals surface area (Å²) in [5, 5.41) is 6.03. The van der Waals surface area contributed by atoms with Gasteiger partial charge in [0, 0.05) is 38.1 Å². The molecule has 4 rings (SSSR count). The first kappa shape index (κ1) is 27.2. The van der Waals surface area contributed by atoms with Crippen molar-refractivity contribution in [2.75, 3.05) is 44.4 Å². The fourth-order valence-corrected chi connectivity index (χ4v) is 4.76. The number of fused-ring (bicyclic) bond motifs is 1. The van der Waals surface area contributed by atoms with E-state index in [9.17, 15) is 14.4 Å². The number of likely N-dealkylation sites (N-methyl/N-ethyl adjacent to an activating group) is 1. The second-order valence-corrected chi connectivity index (χ2v) is 9.85. The Hall–Kier alpha value is -3.89. The van der Waals surface area contributed by atoms with E-state index in [1.807, 2.05) is 46.7 Å². The lowest BCUT2D eigenvalue weighted by Crippen LogP contribution is -2.35. The largest absolute Gasteiger partial charge is 0.337 e. The Balaban J connectivity index is 1.63. The summed E-state index contributed by atoms with van der Waals surface area (Å²) >= 11 is 6.63. The maximum Gasteiger partial charge on any atom is 0.332 e. The van der Waals surface area contributed by atoms with Gasteiger partial charge >= 0.3 is 6.03 Å². The Morgan fingerprint density at radius 3 is 2.79 bits per heavy atom. The van der Waals surface area contributed by atoms with Gasteiger partial charge in [-0.05, 0) is 57.6 Å². The minimum Gasteiger partial charge on any atom is -0.337 e. The fourth-order valence-electron chi connectivity index (χ4n) is 4.50. The van der Waals surface area contributed by atoms with Crippen LogP contribution in [-0.2, 0) is 9.59 Å². The van der Waals surface area contributed by atoms with Crippen LogP contribution in [0.2, 0.25) is 5.02 Å². The van der Waals surface area contributed by atoms with Crippen LogP contribution >= 0.6 is 11.6 Å². The molecular formula is C27H32ClN7O3. The van der Waals surface area contributed by atoms with Gasteiger partial charge in [-0.25, -0.2) is 9.78 Å². The van der Waals surface area contributed by atoms with Crippen molar-refractivity contribution in [3.8, 4) is 0 Å². The molecule has 200 valence electrons. The lowest BCUT2D eigenvalue weighted by Gasteiger charge is -2.26. The lowest BCUT2D eigenvalue weighted by molar-refractivity contribution is -0.126. The summed E-state index contributed by atoms with van der Waals surface area (Å²) in [6, 6.07) is 6.46. The molecule has 3 amide bonds. The highest BCUT2D eigenvalue weighted by Gasteiger charge is 2.27. The average Bonchev–Trinajstić information content (AvgIpc) is 3.41. The van der Waals surface area contributed by atoms with Crippen LogP contribution in [0, 0.1) is 0 Å². The Morgan fingerprint density at radius 1 is 1.21 bits per heavy atom. The van der Waals surface area contributed by atoms with Gasteiger partial charge in [0.2, 0.25) is 17.8 Å². The summed E-state index contributed by atoms with van der Waals surface area (Å²) in [6.45, 7) is 5.23. The van der Waals surface area contributed by atoms with Gasteiger partial charge < -0.3 is 19.7 Å². The highest BCUT2D eigenvalue weighted by atomic mass is 35.5. The van der Waals surface area contributed by atoms with E-state index in [1.165, 1.54) is 10.8 Å². The zero-order valence-electron chi connectivity index (χ0n) is 21.6. The second-order valence-electron chi connectivity index (χ2n) is 9.44. The number of rotatable bonds is 7. The van der Waals surface area contributed by atoms with E-state index in [1.54, 1.807) is 24.4 Å². The van der Waals surface area contributed by atoms with E-state index >= 15 is 0 Å². The molecule has 1 fully saturated rings.